The van der Waals surface area contributed by atoms with Crippen LogP contribution >= 0.6 is 11.8 Å². The van der Waals surface area contributed by atoms with Crippen molar-refractivity contribution in [2.24, 2.45) is 0 Å². The third kappa shape index (κ3) is 5.55. The highest BCUT2D eigenvalue weighted by atomic mass is 32.2. The first-order valence-electron chi connectivity index (χ1n) is 7.23. The van der Waals surface area contributed by atoms with E-state index >= 15 is 0 Å². The number of carboxylic acids is 1. The molecule has 0 saturated heterocycles. The number of carbonyl (C=O) groups is 1. The van der Waals surface area contributed by atoms with Gasteiger partial charge in [-0.2, -0.15) is 0 Å². The zero-order valence-corrected chi connectivity index (χ0v) is 13.7. The van der Waals surface area contributed by atoms with E-state index < -0.39 is 5.97 Å². The molecule has 1 heterocycles. The molecule has 1 atom stereocenters. The minimum atomic E-state index is -0.920. The summed E-state index contributed by atoms with van der Waals surface area (Å²) in [5.41, 5.74) is -0.279. The van der Waals surface area contributed by atoms with Gasteiger partial charge >= 0.3 is 11.7 Å². The van der Waals surface area contributed by atoms with Crippen LogP contribution in [0.3, 0.4) is 0 Å². The van der Waals surface area contributed by atoms with Crippen molar-refractivity contribution in [3.8, 4) is 0 Å². The topological polar surface area (TPSA) is 91.2 Å². The van der Waals surface area contributed by atoms with Crippen molar-refractivity contribution in [1.82, 2.24) is 19.7 Å². The van der Waals surface area contributed by atoms with Crippen LogP contribution in [0.2, 0.25) is 0 Å². The van der Waals surface area contributed by atoms with E-state index in [0.29, 0.717) is 5.16 Å². The van der Waals surface area contributed by atoms with Gasteiger partial charge in [-0.3, -0.25) is 9.36 Å². The number of nitrogens with zero attached hydrogens (tertiary/aromatic N) is 3. The van der Waals surface area contributed by atoms with Crippen LogP contribution in [0.1, 0.15) is 39.7 Å². The van der Waals surface area contributed by atoms with Gasteiger partial charge in [-0.05, 0) is 39.4 Å². The number of thioether (sulfide) groups is 1. The number of carboxylic acid groups (broad SMARTS) is 1. The van der Waals surface area contributed by atoms with Crippen LogP contribution in [-0.4, -0.2) is 56.1 Å². The lowest BCUT2D eigenvalue weighted by atomic mass is 10.2. The molecule has 7 nitrogen and oxygen atoms in total. The molecule has 0 saturated carbocycles. The van der Waals surface area contributed by atoms with Crippen LogP contribution in [0.5, 0.6) is 0 Å². The first-order valence-corrected chi connectivity index (χ1v) is 8.21. The molecule has 0 aromatic carbocycles. The van der Waals surface area contributed by atoms with Crippen molar-refractivity contribution in [3.05, 3.63) is 10.5 Å². The molecule has 1 aromatic heterocycles. The summed E-state index contributed by atoms with van der Waals surface area (Å²) in [6, 6.07) is 0.00288. The van der Waals surface area contributed by atoms with E-state index in [1.54, 1.807) is 4.57 Å². The molecule has 0 fully saturated rings. The van der Waals surface area contributed by atoms with Gasteiger partial charge in [-0.25, -0.2) is 9.89 Å². The Morgan fingerprint density at radius 3 is 2.71 bits per heavy atom. The fourth-order valence-corrected chi connectivity index (χ4v) is 2.95. The maximum absolute atomic E-state index is 11.8. The lowest BCUT2D eigenvalue weighted by molar-refractivity contribution is -0.133. The van der Waals surface area contributed by atoms with Gasteiger partial charge in [0.15, 0.2) is 5.16 Å². The lowest BCUT2D eigenvalue weighted by Gasteiger charge is -2.19. The quantitative estimate of drug-likeness (QED) is 0.635. The van der Waals surface area contributed by atoms with Crippen LogP contribution < -0.4 is 5.69 Å². The molecule has 0 amide bonds. The second-order valence-corrected chi connectivity index (χ2v) is 5.82. The molecule has 1 aromatic rings. The molecule has 120 valence electrons. The molecule has 0 radical (unpaired) electrons. The van der Waals surface area contributed by atoms with Gasteiger partial charge in [0.05, 0.1) is 5.75 Å². The summed E-state index contributed by atoms with van der Waals surface area (Å²) in [6.45, 7) is 9.28. The van der Waals surface area contributed by atoms with Gasteiger partial charge in [-0.1, -0.05) is 25.6 Å². The van der Waals surface area contributed by atoms with Crippen molar-refractivity contribution >= 4 is 17.7 Å². The Labute approximate surface area is 128 Å². The second kappa shape index (κ2) is 8.89. The largest absolute Gasteiger partial charge is 0.481 e. The van der Waals surface area contributed by atoms with Gasteiger partial charge in [-0.15, -0.1) is 5.10 Å². The number of aromatic amines is 1. The van der Waals surface area contributed by atoms with Gasteiger partial charge in [0.1, 0.15) is 0 Å². The molecule has 1 rings (SSSR count). The van der Waals surface area contributed by atoms with Crippen LogP contribution in [0, 0.1) is 0 Å². The smallest absolute Gasteiger partial charge is 0.344 e. The average molecular weight is 316 g/mol. The highest BCUT2D eigenvalue weighted by Gasteiger charge is 2.16. The summed E-state index contributed by atoms with van der Waals surface area (Å²) >= 11 is 1.06. The number of aromatic nitrogens is 3. The Morgan fingerprint density at radius 1 is 1.48 bits per heavy atom. The number of aliphatic carboxylic acids is 1. The molecule has 21 heavy (non-hydrogen) atoms. The highest BCUT2D eigenvalue weighted by Crippen LogP contribution is 2.20. The predicted molar refractivity (Wildman–Crippen MR) is 82.9 cm³/mol. The second-order valence-electron chi connectivity index (χ2n) is 4.88. The number of rotatable bonds is 10. The lowest BCUT2D eigenvalue weighted by Crippen LogP contribution is -2.26. The Bertz CT molecular complexity index is 496. The first kappa shape index (κ1) is 17.8. The maximum Gasteiger partial charge on any atom is 0.344 e. The summed E-state index contributed by atoms with van der Waals surface area (Å²) in [4.78, 5) is 24.8. The summed E-state index contributed by atoms with van der Waals surface area (Å²) in [7, 11) is 0. The van der Waals surface area contributed by atoms with Crippen LogP contribution in [0.25, 0.3) is 0 Å². The summed E-state index contributed by atoms with van der Waals surface area (Å²) < 4.78 is 1.55. The van der Waals surface area contributed by atoms with E-state index in [9.17, 15) is 9.59 Å². The number of nitrogens with one attached hydrogen (secondary N) is 1. The maximum atomic E-state index is 11.8. The van der Waals surface area contributed by atoms with E-state index in [4.69, 9.17) is 5.11 Å². The van der Waals surface area contributed by atoms with E-state index in [-0.39, 0.29) is 17.5 Å². The summed E-state index contributed by atoms with van der Waals surface area (Å²) in [6.07, 6.45) is 1.85. The van der Waals surface area contributed by atoms with Crippen LogP contribution in [0.4, 0.5) is 0 Å². The predicted octanol–water partition coefficient (Wildman–Crippen LogP) is 1.43. The first-order chi connectivity index (χ1) is 9.99. The average Bonchev–Trinajstić information content (AvgIpc) is 2.82. The molecule has 8 heteroatoms. The van der Waals surface area contributed by atoms with Crippen molar-refractivity contribution in [2.75, 3.05) is 25.4 Å². The summed E-state index contributed by atoms with van der Waals surface area (Å²) in [5, 5.41) is 15.5. The molecule has 0 bridgehead atoms. The molecule has 0 aliphatic rings. The fraction of sp³-hybridized carbons (Fsp3) is 0.769. The molecule has 0 spiro atoms. The Hall–Kier alpha value is -1.28. The molecule has 0 aliphatic carbocycles. The Morgan fingerprint density at radius 2 is 2.14 bits per heavy atom. The molecular weight excluding hydrogens is 292 g/mol. The van der Waals surface area contributed by atoms with Crippen LogP contribution in [-0.2, 0) is 4.79 Å². The van der Waals surface area contributed by atoms with Gasteiger partial charge in [0.25, 0.3) is 0 Å². The number of H-pyrrole nitrogens is 1. The fourth-order valence-electron chi connectivity index (χ4n) is 2.19. The van der Waals surface area contributed by atoms with Crippen molar-refractivity contribution in [3.63, 3.8) is 0 Å². The zero-order chi connectivity index (χ0) is 15.8. The van der Waals surface area contributed by atoms with Gasteiger partial charge in [0.2, 0.25) is 0 Å². The molecule has 1 unspecified atom stereocenters. The monoisotopic (exact) mass is 316 g/mol. The van der Waals surface area contributed by atoms with E-state index in [1.807, 2.05) is 6.92 Å². The third-order valence-electron chi connectivity index (χ3n) is 3.43. The van der Waals surface area contributed by atoms with Crippen molar-refractivity contribution in [1.29, 1.82) is 0 Å². The van der Waals surface area contributed by atoms with E-state index in [0.717, 1.165) is 44.2 Å². The molecule has 0 aliphatic heterocycles. The number of hydrogen-bond donors (Lipinski definition) is 2. The SMILES string of the molecule is CCN(CC)CCCC(C)n1c(SCC(=O)O)n[nH]c1=O. The third-order valence-corrected chi connectivity index (χ3v) is 4.37. The number of hydrogen-bond acceptors (Lipinski definition) is 5. The van der Waals surface area contributed by atoms with Crippen LogP contribution in [0.15, 0.2) is 9.95 Å². The van der Waals surface area contributed by atoms with E-state index in [2.05, 4.69) is 28.9 Å². The van der Waals surface area contributed by atoms with E-state index in [1.165, 1.54) is 0 Å². The summed E-state index contributed by atoms with van der Waals surface area (Å²) in [5.74, 6) is -1.02. The van der Waals surface area contributed by atoms with Crippen molar-refractivity contribution < 1.29 is 9.90 Å². The minimum absolute atomic E-state index is 0.00288. The normalized spacial score (nSPS) is 12.8. The standard InChI is InChI=1S/C13H24N4O3S/c1-4-16(5-2)8-6-7-10(3)17-12(20)14-15-13(17)21-9-11(18)19/h10H,4-9H2,1-3H3,(H,14,20)(H,18,19). The zero-order valence-electron chi connectivity index (χ0n) is 12.8. The minimum Gasteiger partial charge on any atom is -0.481 e. The highest BCUT2D eigenvalue weighted by molar-refractivity contribution is 7.99. The molecular formula is C13H24N4O3S. The Balaban J connectivity index is 2.60. The molecule has 2 N–H and O–H groups in total. The van der Waals surface area contributed by atoms with Gasteiger partial charge in [0, 0.05) is 6.04 Å². The van der Waals surface area contributed by atoms with Crippen molar-refractivity contribution in [2.45, 2.75) is 44.8 Å². The van der Waals surface area contributed by atoms with Gasteiger partial charge < -0.3 is 10.0 Å². The Kier molecular flexibility index (Phi) is 7.52.